The van der Waals surface area contributed by atoms with Crippen LogP contribution in [0.4, 0.5) is 17.1 Å². The van der Waals surface area contributed by atoms with Gasteiger partial charge in [-0.15, -0.1) is 0 Å². The van der Waals surface area contributed by atoms with Gasteiger partial charge in [-0.05, 0) is 115 Å². The highest BCUT2D eigenvalue weighted by Crippen LogP contribution is 2.46. The maximum absolute atomic E-state index is 6.38. The van der Waals surface area contributed by atoms with E-state index in [1.54, 1.807) is 0 Å². The van der Waals surface area contributed by atoms with Crippen LogP contribution in [0.2, 0.25) is 0 Å². The maximum Gasteiger partial charge on any atom is 0.136 e. The largest absolute Gasteiger partial charge is 0.456 e. The molecule has 1 heterocycles. The Balaban J connectivity index is 1.12. The van der Waals surface area contributed by atoms with E-state index in [0.29, 0.717) is 0 Å². The number of fused-ring (bicyclic) bond motifs is 10. The highest BCUT2D eigenvalue weighted by Gasteiger charge is 2.19. The Labute approximate surface area is 325 Å². The summed E-state index contributed by atoms with van der Waals surface area (Å²) in [5, 5.41) is 9.75. The van der Waals surface area contributed by atoms with E-state index in [4.69, 9.17) is 4.42 Å². The molecule has 1 aromatic heterocycles. The van der Waals surface area contributed by atoms with Crippen LogP contribution in [0.15, 0.2) is 217 Å². The van der Waals surface area contributed by atoms with E-state index < -0.39 is 0 Å². The molecular weight excluding hydrogens is 679 g/mol. The first-order chi connectivity index (χ1) is 27.8. The molecule has 0 saturated heterocycles. The number of rotatable bonds is 6. The van der Waals surface area contributed by atoms with E-state index in [0.717, 1.165) is 39.2 Å². The lowest BCUT2D eigenvalue weighted by atomic mass is 9.88. The molecule has 0 radical (unpaired) electrons. The van der Waals surface area contributed by atoms with E-state index in [-0.39, 0.29) is 0 Å². The van der Waals surface area contributed by atoms with Gasteiger partial charge in [-0.2, -0.15) is 0 Å². The second-order valence-electron chi connectivity index (χ2n) is 14.4. The third kappa shape index (κ3) is 5.26. The summed E-state index contributed by atoms with van der Waals surface area (Å²) in [5.41, 5.74) is 12.3. The summed E-state index contributed by atoms with van der Waals surface area (Å²) in [6, 6.07) is 76.4. The maximum atomic E-state index is 6.38. The number of furan rings is 1. The van der Waals surface area contributed by atoms with Gasteiger partial charge in [0.15, 0.2) is 0 Å². The summed E-state index contributed by atoms with van der Waals surface area (Å²) in [6.07, 6.45) is 0. The molecule has 2 heteroatoms. The first kappa shape index (κ1) is 32.0. The highest BCUT2D eigenvalue weighted by molar-refractivity contribution is 6.36. The zero-order valence-corrected chi connectivity index (χ0v) is 30.6. The van der Waals surface area contributed by atoms with E-state index in [1.807, 2.05) is 6.07 Å². The average Bonchev–Trinajstić information content (AvgIpc) is 3.66. The van der Waals surface area contributed by atoms with Crippen LogP contribution in [0.3, 0.4) is 0 Å². The quantitative estimate of drug-likeness (QED) is 0.160. The molecule has 0 aliphatic carbocycles. The van der Waals surface area contributed by atoms with E-state index in [2.05, 4.69) is 211 Å². The minimum absolute atomic E-state index is 0.915. The van der Waals surface area contributed by atoms with Crippen molar-refractivity contribution in [3.63, 3.8) is 0 Å². The number of hydrogen-bond donors (Lipinski definition) is 0. The molecule has 11 rings (SSSR count). The van der Waals surface area contributed by atoms with Gasteiger partial charge in [0, 0.05) is 33.2 Å². The predicted molar refractivity (Wildman–Crippen MR) is 237 cm³/mol. The minimum Gasteiger partial charge on any atom is -0.456 e. The summed E-state index contributed by atoms with van der Waals surface area (Å²) in [6.45, 7) is 0. The Morgan fingerprint density at radius 3 is 1.48 bits per heavy atom. The lowest BCUT2D eigenvalue weighted by molar-refractivity contribution is 0.669. The van der Waals surface area contributed by atoms with Gasteiger partial charge >= 0.3 is 0 Å². The number of nitrogens with zero attached hydrogens (tertiary/aromatic N) is 1. The van der Waals surface area contributed by atoms with Gasteiger partial charge in [0.25, 0.3) is 0 Å². The molecule has 0 N–H and O–H groups in total. The van der Waals surface area contributed by atoms with Crippen molar-refractivity contribution >= 4 is 71.3 Å². The smallest absolute Gasteiger partial charge is 0.136 e. The summed E-state index contributed by atoms with van der Waals surface area (Å²) < 4.78 is 6.38. The van der Waals surface area contributed by atoms with E-state index >= 15 is 0 Å². The molecule has 0 bridgehead atoms. The fourth-order valence-electron chi connectivity index (χ4n) is 8.70. The average molecular weight is 714 g/mol. The number of anilines is 3. The van der Waals surface area contributed by atoms with Gasteiger partial charge in [-0.1, -0.05) is 158 Å². The summed E-state index contributed by atoms with van der Waals surface area (Å²) in [4.78, 5) is 2.38. The molecule has 0 aliphatic heterocycles. The van der Waals surface area contributed by atoms with Crippen LogP contribution in [0.25, 0.3) is 87.6 Å². The lowest BCUT2D eigenvalue weighted by Crippen LogP contribution is -2.10. The van der Waals surface area contributed by atoms with Crippen molar-refractivity contribution in [3.05, 3.63) is 212 Å². The Hall–Kier alpha value is -7.42. The van der Waals surface area contributed by atoms with Crippen LogP contribution >= 0.6 is 0 Å². The van der Waals surface area contributed by atoms with Crippen LogP contribution < -0.4 is 4.90 Å². The predicted octanol–water partition coefficient (Wildman–Crippen LogP) is 15.5. The van der Waals surface area contributed by atoms with E-state index in [9.17, 15) is 0 Å². The molecule has 262 valence electrons. The topological polar surface area (TPSA) is 16.4 Å². The fraction of sp³-hybridized carbons (Fsp3) is 0. The molecule has 0 saturated carbocycles. The third-order valence-electron chi connectivity index (χ3n) is 11.2. The minimum atomic E-state index is 0.915. The Morgan fingerprint density at radius 2 is 0.768 bits per heavy atom. The van der Waals surface area contributed by atoms with Crippen molar-refractivity contribution in [2.24, 2.45) is 0 Å². The van der Waals surface area contributed by atoms with Crippen molar-refractivity contribution in [3.8, 4) is 33.4 Å². The number of hydrogen-bond acceptors (Lipinski definition) is 2. The van der Waals surface area contributed by atoms with Crippen LogP contribution in [0, 0.1) is 0 Å². The van der Waals surface area contributed by atoms with Gasteiger partial charge in [0.1, 0.15) is 11.2 Å². The zero-order chi connectivity index (χ0) is 37.0. The molecule has 0 spiro atoms. The van der Waals surface area contributed by atoms with Gasteiger partial charge in [0.2, 0.25) is 0 Å². The normalized spacial score (nSPS) is 11.6. The molecule has 10 aromatic carbocycles. The third-order valence-corrected chi connectivity index (χ3v) is 11.2. The first-order valence-corrected chi connectivity index (χ1v) is 19.2. The highest BCUT2D eigenvalue weighted by atomic mass is 16.3. The van der Waals surface area contributed by atoms with Crippen LogP contribution in [-0.4, -0.2) is 0 Å². The van der Waals surface area contributed by atoms with Crippen LogP contribution in [0.1, 0.15) is 0 Å². The van der Waals surface area contributed by atoms with Crippen molar-refractivity contribution in [2.75, 3.05) is 4.90 Å². The molecule has 0 fully saturated rings. The molecule has 56 heavy (non-hydrogen) atoms. The van der Waals surface area contributed by atoms with Crippen molar-refractivity contribution in [1.29, 1.82) is 0 Å². The SMILES string of the molecule is c1ccc(-c2ccc(N(c3cccc(-c4ccccc4)c3)c3cccc(-c4cccc5c6ccc7oc8ccccc8c7c6c6ccccc6c45)c3)cc2)cc1. The molecule has 2 nitrogen and oxygen atoms in total. The zero-order valence-electron chi connectivity index (χ0n) is 30.6. The van der Waals surface area contributed by atoms with Gasteiger partial charge < -0.3 is 9.32 Å². The van der Waals surface area contributed by atoms with Crippen molar-refractivity contribution < 1.29 is 4.42 Å². The Kier molecular flexibility index (Phi) is 7.53. The van der Waals surface area contributed by atoms with Gasteiger partial charge in [-0.3, -0.25) is 0 Å². The second kappa shape index (κ2) is 13.2. The van der Waals surface area contributed by atoms with E-state index in [1.165, 1.54) is 65.5 Å². The van der Waals surface area contributed by atoms with Gasteiger partial charge in [-0.25, -0.2) is 0 Å². The standard InChI is InChI=1S/C54H35NO/c1-3-14-36(15-4-1)38-28-30-41(31-29-38)55(42-20-11-18-39(34-42)37-16-5-2-6-17-37)43-21-12-19-40(35-43)44-25-13-26-46-48-32-33-51-54(49-24-9-10-27-50(49)56-51)53(48)47-23-8-7-22-45(47)52(44)46/h1-35H. The molecule has 0 aliphatic rings. The molecule has 0 unspecified atom stereocenters. The van der Waals surface area contributed by atoms with Crippen LogP contribution in [0.5, 0.6) is 0 Å². The Bertz CT molecular complexity index is 3200. The fourth-order valence-corrected chi connectivity index (χ4v) is 8.70. The lowest BCUT2D eigenvalue weighted by Gasteiger charge is -2.27. The Morgan fingerprint density at radius 1 is 0.268 bits per heavy atom. The second-order valence-corrected chi connectivity index (χ2v) is 14.4. The molecule has 0 amide bonds. The molecule has 11 aromatic rings. The monoisotopic (exact) mass is 713 g/mol. The van der Waals surface area contributed by atoms with Crippen LogP contribution in [-0.2, 0) is 0 Å². The van der Waals surface area contributed by atoms with Crippen molar-refractivity contribution in [2.45, 2.75) is 0 Å². The van der Waals surface area contributed by atoms with Gasteiger partial charge in [0.05, 0.1) is 0 Å². The summed E-state index contributed by atoms with van der Waals surface area (Å²) in [5.74, 6) is 0. The summed E-state index contributed by atoms with van der Waals surface area (Å²) >= 11 is 0. The first-order valence-electron chi connectivity index (χ1n) is 19.2. The number of benzene rings is 10. The van der Waals surface area contributed by atoms with Crippen molar-refractivity contribution in [1.82, 2.24) is 0 Å². The number of para-hydroxylation sites is 1. The molecule has 0 atom stereocenters. The summed E-state index contributed by atoms with van der Waals surface area (Å²) in [7, 11) is 0. The molecular formula is C54H35NO.